The molecule has 174 valence electrons. The summed E-state index contributed by atoms with van der Waals surface area (Å²) >= 11 is 0. The summed E-state index contributed by atoms with van der Waals surface area (Å²) in [5.41, 5.74) is 1.44. The van der Waals surface area contributed by atoms with Crippen LogP contribution < -0.4 is 5.44 Å². The highest BCUT2D eigenvalue weighted by atomic mass is 31.2. The fourth-order valence-electron chi connectivity index (χ4n) is 3.79. The molecule has 10 heteroatoms. The summed E-state index contributed by atoms with van der Waals surface area (Å²) in [6, 6.07) is 3.39. The molecule has 1 fully saturated rings. The molecule has 0 spiro atoms. The van der Waals surface area contributed by atoms with Crippen LogP contribution in [0.1, 0.15) is 51.9 Å². The Morgan fingerprint density at radius 1 is 1.19 bits per heavy atom. The summed E-state index contributed by atoms with van der Waals surface area (Å²) < 4.78 is 35.4. The van der Waals surface area contributed by atoms with Crippen LogP contribution in [0.3, 0.4) is 0 Å². The molecule has 1 atom stereocenters. The molecule has 31 heavy (non-hydrogen) atoms. The molecular weight excluding hydrogens is 421 g/mol. The first-order valence-electron chi connectivity index (χ1n) is 10.9. The fraction of sp³-hybridized carbons (Fsp3) is 0.714. The standard InChI is InChI=1S/C21H34N3O6P/c1-6-28-31(26,29-7-2)18-9-8-16-14-24(20(25)30-21(3,4)5)15-17(19(16)22-18)23-10-12-27-13-11-23/h8-9,17H,6-7,10-15H2,1-5H3. The van der Waals surface area contributed by atoms with Crippen molar-refractivity contribution >= 4 is 19.1 Å². The average Bonchev–Trinajstić information content (AvgIpc) is 2.72. The lowest BCUT2D eigenvalue weighted by molar-refractivity contribution is -0.0102. The van der Waals surface area contributed by atoms with Crippen molar-refractivity contribution < 1.29 is 27.9 Å². The summed E-state index contributed by atoms with van der Waals surface area (Å²) in [5.74, 6) is 0. The first-order valence-corrected chi connectivity index (χ1v) is 12.4. The van der Waals surface area contributed by atoms with Crippen molar-refractivity contribution in [2.75, 3.05) is 46.1 Å². The molecule has 1 aromatic rings. The highest BCUT2D eigenvalue weighted by Gasteiger charge is 2.38. The molecule has 3 rings (SSSR count). The van der Waals surface area contributed by atoms with Crippen molar-refractivity contribution in [3.63, 3.8) is 0 Å². The Balaban J connectivity index is 1.97. The zero-order valence-corrected chi connectivity index (χ0v) is 20.0. The minimum Gasteiger partial charge on any atom is -0.444 e. The molecule has 0 radical (unpaired) electrons. The Labute approximate surface area is 184 Å². The Hall–Kier alpha value is -1.51. The van der Waals surface area contributed by atoms with Gasteiger partial charge in [0, 0.05) is 19.6 Å². The van der Waals surface area contributed by atoms with Crippen molar-refractivity contribution in [1.29, 1.82) is 0 Å². The second kappa shape index (κ2) is 9.96. The van der Waals surface area contributed by atoms with E-state index in [2.05, 4.69) is 4.90 Å². The molecule has 1 saturated heterocycles. The van der Waals surface area contributed by atoms with Crippen LogP contribution in [0.25, 0.3) is 0 Å². The maximum atomic E-state index is 13.3. The number of ether oxygens (including phenoxy) is 2. The molecule has 2 aliphatic rings. The van der Waals surface area contributed by atoms with Crippen LogP contribution in [-0.2, 0) is 29.6 Å². The molecule has 3 heterocycles. The normalized spacial score (nSPS) is 20.4. The van der Waals surface area contributed by atoms with Gasteiger partial charge in [-0.2, -0.15) is 0 Å². The van der Waals surface area contributed by atoms with Crippen molar-refractivity contribution in [2.45, 2.75) is 52.8 Å². The SMILES string of the molecule is CCOP(=O)(OCC)c1ccc2c(n1)C(N1CCOCC1)CN(C(=O)OC(C)(C)C)C2. The zero-order valence-electron chi connectivity index (χ0n) is 19.1. The number of amides is 1. The summed E-state index contributed by atoms with van der Waals surface area (Å²) in [4.78, 5) is 21.5. The second-order valence-electron chi connectivity index (χ2n) is 8.57. The van der Waals surface area contributed by atoms with Gasteiger partial charge in [-0.15, -0.1) is 0 Å². The Morgan fingerprint density at radius 2 is 1.84 bits per heavy atom. The smallest absolute Gasteiger partial charge is 0.410 e. The third kappa shape index (κ3) is 5.84. The first-order chi connectivity index (χ1) is 14.7. The van der Waals surface area contributed by atoms with E-state index in [1.807, 2.05) is 26.8 Å². The maximum absolute atomic E-state index is 13.3. The summed E-state index contributed by atoms with van der Waals surface area (Å²) in [6.07, 6.45) is -0.352. The van der Waals surface area contributed by atoms with Gasteiger partial charge in [0.15, 0.2) is 5.44 Å². The highest BCUT2D eigenvalue weighted by Crippen LogP contribution is 2.46. The van der Waals surface area contributed by atoms with Gasteiger partial charge in [0.05, 0.1) is 44.7 Å². The van der Waals surface area contributed by atoms with Gasteiger partial charge in [0.25, 0.3) is 0 Å². The van der Waals surface area contributed by atoms with Crippen molar-refractivity contribution in [3.8, 4) is 0 Å². The minimum absolute atomic E-state index is 0.156. The van der Waals surface area contributed by atoms with Gasteiger partial charge in [-0.3, -0.25) is 9.46 Å². The minimum atomic E-state index is -3.51. The Bertz CT molecular complexity index is 812. The largest absolute Gasteiger partial charge is 0.444 e. The predicted molar refractivity (Wildman–Crippen MR) is 117 cm³/mol. The lowest BCUT2D eigenvalue weighted by Gasteiger charge is -2.41. The molecule has 0 aromatic carbocycles. The lowest BCUT2D eigenvalue weighted by Crippen LogP contribution is -2.49. The van der Waals surface area contributed by atoms with Crippen molar-refractivity contribution in [3.05, 3.63) is 23.4 Å². The molecule has 1 aromatic heterocycles. The molecule has 1 unspecified atom stereocenters. The van der Waals surface area contributed by atoms with E-state index in [1.54, 1.807) is 24.8 Å². The van der Waals surface area contributed by atoms with E-state index in [9.17, 15) is 9.36 Å². The number of rotatable bonds is 6. The van der Waals surface area contributed by atoms with Crippen molar-refractivity contribution in [1.82, 2.24) is 14.8 Å². The van der Waals surface area contributed by atoms with E-state index in [1.165, 1.54) is 0 Å². The third-order valence-electron chi connectivity index (χ3n) is 5.08. The van der Waals surface area contributed by atoms with Crippen LogP contribution in [0.5, 0.6) is 0 Å². The van der Waals surface area contributed by atoms with Gasteiger partial charge in [0.1, 0.15) is 5.60 Å². The monoisotopic (exact) mass is 455 g/mol. The number of fused-ring (bicyclic) bond motifs is 1. The molecule has 9 nitrogen and oxygen atoms in total. The quantitative estimate of drug-likeness (QED) is 0.605. The summed E-state index contributed by atoms with van der Waals surface area (Å²) in [5, 5.41) is 0. The lowest BCUT2D eigenvalue weighted by atomic mass is 9.99. The molecule has 0 bridgehead atoms. The van der Waals surface area contributed by atoms with Gasteiger partial charge in [-0.25, -0.2) is 9.78 Å². The molecular formula is C21H34N3O6P. The number of aromatic nitrogens is 1. The molecule has 0 aliphatic carbocycles. The Morgan fingerprint density at radius 3 is 2.42 bits per heavy atom. The van der Waals surface area contributed by atoms with Crippen molar-refractivity contribution in [2.24, 2.45) is 0 Å². The van der Waals surface area contributed by atoms with Crippen LogP contribution in [0.2, 0.25) is 0 Å². The highest BCUT2D eigenvalue weighted by molar-refractivity contribution is 7.61. The number of pyridine rings is 1. The van der Waals surface area contributed by atoms with E-state index < -0.39 is 13.2 Å². The summed E-state index contributed by atoms with van der Waals surface area (Å²) in [7, 11) is -3.51. The number of morpholine rings is 1. The van der Waals surface area contributed by atoms with Crippen LogP contribution in [-0.4, -0.2) is 72.5 Å². The number of hydrogen-bond donors (Lipinski definition) is 0. The number of nitrogens with zero attached hydrogens (tertiary/aromatic N) is 3. The maximum Gasteiger partial charge on any atom is 0.410 e. The van der Waals surface area contributed by atoms with E-state index >= 15 is 0 Å². The average molecular weight is 455 g/mol. The van der Waals surface area contributed by atoms with E-state index in [-0.39, 0.29) is 25.3 Å². The van der Waals surface area contributed by atoms with E-state index in [0.717, 1.165) is 24.3 Å². The molecule has 0 N–H and O–H groups in total. The Kier molecular flexibility index (Phi) is 7.76. The molecule has 1 amide bonds. The van der Waals surface area contributed by atoms with Gasteiger partial charge >= 0.3 is 13.7 Å². The topological polar surface area (TPSA) is 90.4 Å². The third-order valence-corrected chi connectivity index (χ3v) is 7.09. The first kappa shape index (κ1) is 24.1. The number of carbonyl (C=O) groups is 1. The second-order valence-corrected chi connectivity index (χ2v) is 10.5. The van der Waals surface area contributed by atoms with Gasteiger partial charge in [-0.1, -0.05) is 6.07 Å². The van der Waals surface area contributed by atoms with E-state index in [0.29, 0.717) is 31.7 Å². The number of hydrogen-bond acceptors (Lipinski definition) is 8. The van der Waals surface area contributed by atoms with Gasteiger partial charge in [-0.05, 0) is 46.2 Å². The van der Waals surface area contributed by atoms with Crippen LogP contribution >= 0.6 is 7.60 Å². The molecule has 2 aliphatic heterocycles. The van der Waals surface area contributed by atoms with Gasteiger partial charge in [0.2, 0.25) is 0 Å². The van der Waals surface area contributed by atoms with Crippen LogP contribution in [0, 0.1) is 0 Å². The summed E-state index contributed by atoms with van der Waals surface area (Å²) in [6.45, 7) is 13.2. The molecule has 0 saturated carbocycles. The van der Waals surface area contributed by atoms with Crippen LogP contribution in [0.4, 0.5) is 4.79 Å². The van der Waals surface area contributed by atoms with E-state index in [4.69, 9.17) is 23.5 Å². The zero-order chi connectivity index (χ0) is 22.6. The van der Waals surface area contributed by atoms with Crippen LogP contribution in [0.15, 0.2) is 12.1 Å². The number of carbonyl (C=O) groups excluding carboxylic acids is 1. The van der Waals surface area contributed by atoms with Gasteiger partial charge < -0.3 is 23.4 Å². The predicted octanol–water partition coefficient (Wildman–Crippen LogP) is 3.10. The fourth-order valence-corrected chi connectivity index (χ4v) is 5.29.